The van der Waals surface area contributed by atoms with Crippen molar-refractivity contribution in [3.63, 3.8) is 0 Å². The number of benzene rings is 1. The molecule has 1 saturated heterocycles. The van der Waals surface area contributed by atoms with Crippen molar-refractivity contribution in [3.8, 4) is 0 Å². The number of amides is 4. The molecule has 2 heterocycles. The molecule has 3 rings (SSSR count). The second-order valence-electron chi connectivity index (χ2n) is 15.7. The molecule has 1 fully saturated rings. The minimum atomic E-state index is -1.25. The van der Waals surface area contributed by atoms with Crippen LogP contribution in [0.15, 0.2) is 42.0 Å². The Morgan fingerprint density at radius 1 is 1.04 bits per heavy atom. The van der Waals surface area contributed by atoms with Crippen molar-refractivity contribution in [1.29, 1.82) is 0 Å². The molecule has 1 aliphatic rings. The van der Waals surface area contributed by atoms with Gasteiger partial charge in [0.25, 0.3) is 0 Å². The Bertz CT molecular complexity index is 1400. The molecule has 1 aromatic heterocycles. The summed E-state index contributed by atoms with van der Waals surface area (Å²) in [5, 5.41) is 28.1. The lowest BCUT2D eigenvalue weighted by molar-refractivity contribution is -0.133. The van der Waals surface area contributed by atoms with E-state index in [4.69, 9.17) is 4.74 Å². The normalized spacial score (nSPS) is 17.8. The summed E-state index contributed by atoms with van der Waals surface area (Å²) in [7, 11) is 0. The number of carbonyl (C=O) groups is 4. The molecule has 49 heavy (non-hydrogen) atoms. The van der Waals surface area contributed by atoms with Gasteiger partial charge in [0.05, 0.1) is 24.2 Å². The molecule has 4 amide bonds. The average Bonchev–Trinajstić information content (AvgIpc) is 3.48. The van der Waals surface area contributed by atoms with E-state index in [-0.39, 0.29) is 45.1 Å². The molecule has 13 nitrogen and oxygen atoms in total. The lowest BCUT2D eigenvalue weighted by atomic mass is 9.84. The summed E-state index contributed by atoms with van der Waals surface area (Å²) in [5.41, 5.74) is 0.407. The van der Waals surface area contributed by atoms with Crippen LogP contribution in [0.25, 0.3) is 0 Å². The van der Waals surface area contributed by atoms with Crippen LogP contribution >= 0.6 is 11.3 Å². The number of β-amino-alcohol motifs (C(OH)–C–C–N with tert-alkyl or cyclic N) is 1. The minimum Gasteiger partial charge on any atom is -0.465 e. The fourth-order valence-corrected chi connectivity index (χ4v) is 6.37. The Morgan fingerprint density at radius 2 is 1.69 bits per heavy atom. The predicted octanol–water partition coefficient (Wildman–Crippen LogP) is 3.96. The number of aliphatic hydroxyl groups is 1. The molecular weight excluding hydrogens is 648 g/mol. The van der Waals surface area contributed by atoms with Crippen LogP contribution in [-0.4, -0.2) is 115 Å². The van der Waals surface area contributed by atoms with Crippen LogP contribution in [0.5, 0.6) is 0 Å². The number of nitrogens with one attached hydrogen (secondary N) is 2. The van der Waals surface area contributed by atoms with Crippen molar-refractivity contribution in [2.45, 2.75) is 111 Å². The van der Waals surface area contributed by atoms with Crippen LogP contribution in [0.3, 0.4) is 0 Å². The molecule has 14 heteroatoms. The zero-order valence-electron chi connectivity index (χ0n) is 30.2. The third kappa shape index (κ3) is 12.3. The van der Waals surface area contributed by atoms with Crippen molar-refractivity contribution in [2.24, 2.45) is 5.41 Å². The number of aliphatic hydroxyl groups excluding tert-OH is 1. The van der Waals surface area contributed by atoms with Gasteiger partial charge in [-0.15, -0.1) is 11.3 Å². The smallest absolute Gasteiger partial charge is 0.410 e. The number of hydrogen-bond acceptors (Lipinski definition) is 9. The summed E-state index contributed by atoms with van der Waals surface area (Å²) in [4.78, 5) is 62.5. The van der Waals surface area contributed by atoms with Gasteiger partial charge in [0.2, 0.25) is 11.8 Å². The van der Waals surface area contributed by atoms with Gasteiger partial charge in [0, 0.05) is 42.8 Å². The fourth-order valence-electron chi connectivity index (χ4n) is 5.77. The summed E-state index contributed by atoms with van der Waals surface area (Å²) >= 11 is 1.30. The number of aromatic nitrogens is 1. The highest BCUT2D eigenvalue weighted by Crippen LogP contribution is 2.28. The Morgan fingerprint density at radius 3 is 2.22 bits per heavy atom. The first-order chi connectivity index (χ1) is 22.6. The van der Waals surface area contributed by atoms with Crippen LogP contribution in [-0.2, 0) is 27.3 Å². The van der Waals surface area contributed by atoms with E-state index < -0.39 is 58.9 Å². The van der Waals surface area contributed by atoms with Crippen LogP contribution < -0.4 is 10.6 Å². The molecule has 4 atom stereocenters. The van der Waals surface area contributed by atoms with E-state index in [0.717, 1.165) is 10.5 Å². The molecule has 0 unspecified atom stereocenters. The van der Waals surface area contributed by atoms with Gasteiger partial charge in [0.1, 0.15) is 17.7 Å². The number of piperazine rings is 1. The van der Waals surface area contributed by atoms with E-state index in [1.807, 2.05) is 56.0 Å². The number of ether oxygens (including phenoxy) is 1. The zero-order valence-corrected chi connectivity index (χ0v) is 31.0. The highest BCUT2D eigenvalue weighted by Gasteiger charge is 2.42. The van der Waals surface area contributed by atoms with Crippen molar-refractivity contribution >= 4 is 35.3 Å². The molecule has 1 aromatic carbocycles. The number of carboxylic acid groups (broad SMARTS) is 1. The molecule has 0 spiro atoms. The van der Waals surface area contributed by atoms with Crippen molar-refractivity contribution < 1.29 is 34.1 Å². The van der Waals surface area contributed by atoms with Gasteiger partial charge in [0.15, 0.2) is 0 Å². The van der Waals surface area contributed by atoms with Crippen molar-refractivity contribution in [3.05, 3.63) is 52.5 Å². The van der Waals surface area contributed by atoms with Gasteiger partial charge in [-0.05, 0) is 58.9 Å². The van der Waals surface area contributed by atoms with Gasteiger partial charge in [-0.1, -0.05) is 51.1 Å². The van der Waals surface area contributed by atoms with Gasteiger partial charge >= 0.3 is 12.2 Å². The third-order valence-electron chi connectivity index (χ3n) is 7.89. The molecular formula is C35H54N6O7S. The van der Waals surface area contributed by atoms with Crippen LogP contribution in [0.4, 0.5) is 9.59 Å². The maximum atomic E-state index is 14.1. The SMILES string of the molecule is CC(C)(C)NC(=O)[C@@H]1CN(C(=O)OC(C)(C)C)CCN1C[C@@H](O)[C@H](Cc1ccccc1)NC(=O)[C@@H](N(Cc1cncs1)C(=O)O)C(C)(C)C. The predicted molar refractivity (Wildman–Crippen MR) is 188 cm³/mol. The van der Waals surface area contributed by atoms with E-state index in [1.54, 1.807) is 53.2 Å². The number of thiazole rings is 1. The summed E-state index contributed by atoms with van der Waals surface area (Å²) in [6.07, 6.45) is -1.11. The van der Waals surface area contributed by atoms with Gasteiger partial charge < -0.3 is 30.5 Å². The highest BCUT2D eigenvalue weighted by molar-refractivity contribution is 7.09. The van der Waals surface area contributed by atoms with Crippen LogP contribution in [0.1, 0.15) is 72.8 Å². The Hall–Kier alpha value is -3.75. The first-order valence-corrected chi connectivity index (χ1v) is 17.5. The minimum absolute atomic E-state index is 0.00582. The quantitative estimate of drug-likeness (QED) is 0.271. The summed E-state index contributed by atoms with van der Waals surface area (Å²) in [6, 6.07) is 6.64. The van der Waals surface area contributed by atoms with E-state index in [9.17, 15) is 29.4 Å². The molecule has 0 aliphatic carbocycles. The van der Waals surface area contributed by atoms with Gasteiger partial charge in [-0.3, -0.25) is 24.4 Å². The summed E-state index contributed by atoms with van der Waals surface area (Å²) in [5.74, 6) is -0.847. The standard InChI is InChI=1S/C35H54N6O7S/c1-33(2,3)28(41(31(45)46)19-24-18-36-22-49-24)30(44)37-25(17-23-13-11-10-12-14-23)27(42)21-39-15-16-40(32(47)48-35(7,8)9)20-26(39)29(43)38-34(4,5)6/h10-14,18,22,25-28,42H,15-17,19-21H2,1-9H3,(H,37,44)(H,38,43)(H,45,46)/t25-,26-,27+,28+/m0/s1. The second-order valence-corrected chi connectivity index (χ2v) is 16.7. The second kappa shape index (κ2) is 16.3. The molecule has 0 radical (unpaired) electrons. The first-order valence-electron chi connectivity index (χ1n) is 16.6. The zero-order chi connectivity index (χ0) is 36.7. The highest BCUT2D eigenvalue weighted by atomic mass is 32.1. The third-order valence-corrected chi connectivity index (χ3v) is 8.66. The maximum Gasteiger partial charge on any atom is 0.410 e. The monoisotopic (exact) mass is 702 g/mol. The van der Waals surface area contributed by atoms with E-state index in [1.165, 1.54) is 16.2 Å². The topological polar surface area (TPSA) is 165 Å². The molecule has 4 N–H and O–H groups in total. The average molecular weight is 703 g/mol. The van der Waals surface area contributed by atoms with Crippen LogP contribution in [0, 0.1) is 5.41 Å². The summed E-state index contributed by atoms with van der Waals surface area (Å²) < 4.78 is 5.58. The molecule has 2 aromatic rings. The van der Waals surface area contributed by atoms with Gasteiger partial charge in [-0.25, -0.2) is 9.59 Å². The van der Waals surface area contributed by atoms with Crippen LogP contribution in [0.2, 0.25) is 0 Å². The number of nitrogens with zero attached hydrogens (tertiary/aromatic N) is 4. The van der Waals surface area contributed by atoms with E-state index in [0.29, 0.717) is 4.88 Å². The molecule has 1 aliphatic heterocycles. The number of carbonyl (C=O) groups excluding carboxylic acids is 3. The fraction of sp³-hybridized carbons (Fsp3) is 0.629. The molecule has 272 valence electrons. The molecule has 0 bridgehead atoms. The Balaban J connectivity index is 1.91. The lowest BCUT2D eigenvalue weighted by Gasteiger charge is -2.43. The largest absolute Gasteiger partial charge is 0.465 e. The van der Waals surface area contributed by atoms with Crippen molar-refractivity contribution in [2.75, 3.05) is 26.2 Å². The van der Waals surface area contributed by atoms with E-state index in [2.05, 4.69) is 15.6 Å². The Labute approximate surface area is 294 Å². The summed E-state index contributed by atoms with van der Waals surface area (Å²) in [6.45, 7) is 16.9. The molecule has 0 saturated carbocycles. The van der Waals surface area contributed by atoms with Crippen molar-refractivity contribution in [1.82, 2.24) is 30.3 Å². The number of hydrogen-bond donors (Lipinski definition) is 4. The van der Waals surface area contributed by atoms with Gasteiger partial charge in [-0.2, -0.15) is 0 Å². The Kier molecular flexibility index (Phi) is 13.2. The first kappa shape index (κ1) is 39.7. The van der Waals surface area contributed by atoms with E-state index >= 15 is 0 Å². The maximum absolute atomic E-state index is 14.1. The lowest BCUT2D eigenvalue weighted by Crippen LogP contribution is -2.64. The number of rotatable bonds is 11.